The molecule has 0 aliphatic carbocycles. The summed E-state index contributed by atoms with van der Waals surface area (Å²) in [5, 5.41) is 9.97. The van der Waals surface area contributed by atoms with E-state index in [0.717, 1.165) is 17.8 Å². The Bertz CT molecular complexity index is 562. The Balaban J connectivity index is 1.98. The molecule has 0 bridgehead atoms. The Morgan fingerprint density at radius 3 is 2.45 bits per heavy atom. The predicted molar refractivity (Wildman–Crippen MR) is 112 cm³/mol. The van der Waals surface area contributed by atoms with Gasteiger partial charge in [0.15, 0.2) is 0 Å². The van der Waals surface area contributed by atoms with E-state index in [0.29, 0.717) is 6.42 Å². The highest BCUT2D eigenvalue weighted by Crippen LogP contribution is 2.59. The maximum absolute atomic E-state index is 12.8. The topological polar surface area (TPSA) is 104 Å². The van der Waals surface area contributed by atoms with Gasteiger partial charge in [-0.15, -0.1) is 0 Å². The van der Waals surface area contributed by atoms with Crippen LogP contribution in [0.5, 0.6) is 0 Å². The fourth-order valence-electron chi connectivity index (χ4n) is 3.72. The average Bonchev–Trinajstić information content (AvgIpc) is 3.09. The van der Waals surface area contributed by atoms with Crippen LogP contribution in [-0.4, -0.2) is 77.3 Å². The SMILES string of the molecule is CC(C)OC[C@@]1(CO)O[C@@H](C)CC1OP(=O)(O)SC[C@H]1O[C@@H](C)CC1OC(C)C. The highest BCUT2D eigenvalue weighted by Gasteiger charge is 2.51. The molecule has 8 nitrogen and oxygen atoms in total. The van der Waals surface area contributed by atoms with Gasteiger partial charge in [0, 0.05) is 18.6 Å². The molecule has 0 aromatic heterocycles. The minimum Gasteiger partial charge on any atom is -0.393 e. The fraction of sp³-hybridized carbons (Fsp3) is 1.00. The molecule has 172 valence electrons. The third-order valence-electron chi connectivity index (χ3n) is 4.99. The van der Waals surface area contributed by atoms with Crippen LogP contribution in [0, 0.1) is 0 Å². The first-order chi connectivity index (χ1) is 13.5. The van der Waals surface area contributed by atoms with Gasteiger partial charge in [-0.2, -0.15) is 0 Å². The van der Waals surface area contributed by atoms with Crippen LogP contribution >= 0.6 is 18.2 Å². The minimum atomic E-state index is -4.01. The van der Waals surface area contributed by atoms with Crippen molar-refractivity contribution in [2.75, 3.05) is 19.0 Å². The van der Waals surface area contributed by atoms with E-state index in [4.69, 9.17) is 23.5 Å². The van der Waals surface area contributed by atoms with Crippen LogP contribution in [0.15, 0.2) is 0 Å². The van der Waals surface area contributed by atoms with Gasteiger partial charge in [-0.1, -0.05) is 0 Å². The molecule has 10 heteroatoms. The zero-order valence-electron chi connectivity index (χ0n) is 18.3. The molecule has 0 aromatic rings. The molecule has 3 unspecified atom stereocenters. The first-order valence-corrected chi connectivity index (χ1v) is 13.5. The number of aliphatic hydroxyl groups is 1. The predicted octanol–water partition coefficient (Wildman–Crippen LogP) is 3.14. The molecule has 2 aliphatic rings. The van der Waals surface area contributed by atoms with Crippen molar-refractivity contribution < 1.29 is 38.0 Å². The van der Waals surface area contributed by atoms with Crippen molar-refractivity contribution in [3.05, 3.63) is 0 Å². The fourth-order valence-corrected chi connectivity index (χ4v) is 6.51. The lowest BCUT2D eigenvalue weighted by atomic mass is 9.98. The maximum atomic E-state index is 12.8. The van der Waals surface area contributed by atoms with Crippen LogP contribution in [0.25, 0.3) is 0 Å². The van der Waals surface area contributed by atoms with Crippen LogP contribution in [0.1, 0.15) is 54.4 Å². The van der Waals surface area contributed by atoms with Gasteiger partial charge in [-0.3, -0.25) is 4.52 Å². The third kappa shape index (κ3) is 7.44. The molecule has 0 radical (unpaired) electrons. The summed E-state index contributed by atoms with van der Waals surface area (Å²) < 4.78 is 41.7. The first kappa shape index (κ1) is 25.6. The molecule has 2 N–H and O–H groups in total. The average molecular weight is 457 g/mol. The molecule has 2 saturated heterocycles. The molecule has 2 rings (SSSR count). The van der Waals surface area contributed by atoms with Gasteiger partial charge < -0.3 is 28.9 Å². The second kappa shape index (κ2) is 10.7. The van der Waals surface area contributed by atoms with E-state index in [9.17, 15) is 14.6 Å². The zero-order chi connectivity index (χ0) is 21.8. The molecule has 0 aromatic carbocycles. The second-order valence-corrected chi connectivity index (χ2v) is 12.4. The summed E-state index contributed by atoms with van der Waals surface area (Å²) in [4.78, 5) is 10.5. The van der Waals surface area contributed by atoms with Crippen molar-refractivity contribution in [2.45, 2.75) is 103 Å². The molecular weight excluding hydrogens is 419 g/mol. The quantitative estimate of drug-likeness (QED) is 0.454. The van der Waals surface area contributed by atoms with E-state index in [1.54, 1.807) is 0 Å². The number of rotatable bonds is 11. The van der Waals surface area contributed by atoms with Crippen LogP contribution in [0.4, 0.5) is 0 Å². The smallest absolute Gasteiger partial charge is 0.387 e. The molecule has 2 heterocycles. The van der Waals surface area contributed by atoms with Crippen LogP contribution in [-0.2, 0) is 28.0 Å². The Labute approximate surface area is 178 Å². The molecule has 0 saturated carbocycles. The first-order valence-electron chi connectivity index (χ1n) is 10.3. The molecule has 29 heavy (non-hydrogen) atoms. The van der Waals surface area contributed by atoms with Gasteiger partial charge in [0.25, 0.3) is 0 Å². The summed E-state index contributed by atoms with van der Waals surface area (Å²) in [5.74, 6) is 0.285. The second-order valence-electron chi connectivity index (χ2n) is 8.55. The Hall–Kier alpha value is 0.300. The number of ether oxygens (including phenoxy) is 4. The largest absolute Gasteiger partial charge is 0.393 e. The summed E-state index contributed by atoms with van der Waals surface area (Å²) in [5.41, 5.74) is -1.15. The molecule has 0 amide bonds. The van der Waals surface area contributed by atoms with Gasteiger partial charge in [0.1, 0.15) is 11.7 Å². The van der Waals surface area contributed by atoms with Crippen LogP contribution < -0.4 is 0 Å². The monoisotopic (exact) mass is 456 g/mol. The summed E-state index contributed by atoms with van der Waals surface area (Å²) >= 11 is 0.838. The standard InChI is InChI=1S/C19H37O8PS/c1-12(2)23-11-19(10-20)18(8-15(6)26-19)27-28(21,22)29-9-17-16(24-13(3)4)7-14(5)25-17/h12-18,20H,7-11H2,1-6H3,(H,21,22)/t14-,15-,16?,17+,18?,19+/m0/s1. The van der Waals surface area contributed by atoms with E-state index in [2.05, 4.69) is 0 Å². The van der Waals surface area contributed by atoms with E-state index in [-0.39, 0.29) is 55.6 Å². The summed E-state index contributed by atoms with van der Waals surface area (Å²) in [6.07, 6.45) is -0.128. The van der Waals surface area contributed by atoms with Gasteiger partial charge in [-0.25, -0.2) is 4.57 Å². The van der Waals surface area contributed by atoms with Crippen molar-refractivity contribution in [1.29, 1.82) is 0 Å². The van der Waals surface area contributed by atoms with Crippen LogP contribution in [0.2, 0.25) is 0 Å². The zero-order valence-corrected chi connectivity index (χ0v) is 20.0. The summed E-state index contributed by atoms with van der Waals surface area (Å²) in [7, 11) is 0. The maximum Gasteiger partial charge on any atom is 0.387 e. The summed E-state index contributed by atoms with van der Waals surface area (Å²) in [6, 6.07) is 0. The molecule has 2 aliphatic heterocycles. The van der Waals surface area contributed by atoms with Gasteiger partial charge in [0.2, 0.25) is 0 Å². The highest BCUT2D eigenvalue weighted by atomic mass is 32.7. The van der Waals surface area contributed by atoms with Gasteiger partial charge >= 0.3 is 6.80 Å². The van der Waals surface area contributed by atoms with Crippen molar-refractivity contribution in [3.63, 3.8) is 0 Å². The third-order valence-corrected chi connectivity index (χ3v) is 8.00. The highest BCUT2D eigenvalue weighted by molar-refractivity contribution is 8.54. The Kier molecular flexibility index (Phi) is 9.47. The van der Waals surface area contributed by atoms with Gasteiger partial charge in [-0.05, 0) is 52.9 Å². The van der Waals surface area contributed by atoms with E-state index < -0.39 is 18.5 Å². The number of aliphatic hydroxyl groups excluding tert-OH is 1. The number of hydrogen-bond donors (Lipinski definition) is 2. The summed E-state index contributed by atoms with van der Waals surface area (Å²) in [6.45, 7) is 7.23. The molecular formula is C19H37O8PS. The van der Waals surface area contributed by atoms with E-state index in [1.807, 2.05) is 41.5 Å². The lowest BCUT2D eigenvalue weighted by Gasteiger charge is -2.33. The van der Waals surface area contributed by atoms with E-state index >= 15 is 0 Å². The van der Waals surface area contributed by atoms with Crippen molar-refractivity contribution >= 4 is 18.2 Å². The van der Waals surface area contributed by atoms with Crippen molar-refractivity contribution in [3.8, 4) is 0 Å². The molecule has 0 spiro atoms. The number of hydrogen-bond acceptors (Lipinski definition) is 8. The van der Waals surface area contributed by atoms with E-state index in [1.165, 1.54) is 0 Å². The minimum absolute atomic E-state index is 0.0441. The Morgan fingerprint density at radius 2 is 1.86 bits per heavy atom. The lowest BCUT2D eigenvalue weighted by molar-refractivity contribution is -0.148. The molecule has 7 atom stereocenters. The lowest BCUT2D eigenvalue weighted by Crippen LogP contribution is -2.48. The van der Waals surface area contributed by atoms with Crippen LogP contribution in [0.3, 0.4) is 0 Å². The van der Waals surface area contributed by atoms with Crippen molar-refractivity contribution in [1.82, 2.24) is 0 Å². The van der Waals surface area contributed by atoms with Crippen molar-refractivity contribution in [2.24, 2.45) is 0 Å². The Morgan fingerprint density at radius 1 is 1.17 bits per heavy atom. The van der Waals surface area contributed by atoms with Gasteiger partial charge in [0.05, 0.1) is 49.8 Å². The normalized spacial score (nSPS) is 37.5. The molecule has 2 fully saturated rings.